The summed E-state index contributed by atoms with van der Waals surface area (Å²) in [6.07, 6.45) is 1.82. The topological polar surface area (TPSA) is 24.9 Å². The quantitative estimate of drug-likeness (QED) is 0.920. The number of halogens is 1. The van der Waals surface area contributed by atoms with Crippen molar-refractivity contribution in [2.75, 3.05) is 7.05 Å². The zero-order valence-corrected chi connectivity index (χ0v) is 12.8. The zero-order valence-electron chi connectivity index (χ0n) is 10.4. The van der Waals surface area contributed by atoms with Crippen molar-refractivity contribution in [3.05, 3.63) is 52.1 Å². The van der Waals surface area contributed by atoms with Gasteiger partial charge in [-0.15, -0.1) is 0 Å². The fourth-order valence-corrected chi connectivity index (χ4v) is 3.07. The predicted molar refractivity (Wildman–Crippen MR) is 80.0 cm³/mol. The number of aromatic nitrogens is 1. The summed E-state index contributed by atoms with van der Waals surface area (Å²) in [5.74, 6) is 0. The van der Waals surface area contributed by atoms with E-state index in [-0.39, 0.29) is 0 Å². The summed E-state index contributed by atoms with van der Waals surface area (Å²) in [5.41, 5.74) is 2.59. The molecule has 2 nitrogen and oxygen atoms in total. The van der Waals surface area contributed by atoms with Crippen molar-refractivity contribution in [1.29, 1.82) is 0 Å². The molecule has 0 amide bonds. The minimum atomic E-state index is 0.870. The molecule has 0 spiro atoms. The first-order valence-electron chi connectivity index (χ1n) is 5.73. The van der Waals surface area contributed by atoms with Gasteiger partial charge in [0, 0.05) is 17.6 Å². The van der Waals surface area contributed by atoms with E-state index >= 15 is 0 Å². The third kappa shape index (κ3) is 3.34. The Hall–Kier alpha value is -0.840. The minimum absolute atomic E-state index is 0.870. The summed E-state index contributed by atoms with van der Waals surface area (Å²) in [5, 5.41) is 4.21. The van der Waals surface area contributed by atoms with Crippen molar-refractivity contribution in [2.45, 2.75) is 23.4 Å². The summed E-state index contributed by atoms with van der Waals surface area (Å²) < 4.78 is 1.03. The highest BCUT2D eigenvalue weighted by atomic mass is 79.9. The average Bonchev–Trinajstić information content (AvgIpc) is 2.35. The van der Waals surface area contributed by atoms with Gasteiger partial charge in [0.15, 0.2) is 0 Å². The van der Waals surface area contributed by atoms with Gasteiger partial charge in [-0.25, -0.2) is 4.98 Å². The molecule has 0 aliphatic carbocycles. The lowest BCUT2D eigenvalue weighted by Gasteiger charge is -2.10. The fourth-order valence-electron chi connectivity index (χ4n) is 1.69. The molecular formula is C14H15BrN2S. The number of benzene rings is 1. The van der Waals surface area contributed by atoms with Gasteiger partial charge in [0.05, 0.1) is 4.47 Å². The van der Waals surface area contributed by atoms with E-state index < -0.39 is 0 Å². The van der Waals surface area contributed by atoms with Crippen LogP contribution in [0.25, 0.3) is 0 Å². The molecule has 2 aromatic rings. The Morgan fingerprint density at radius 3 is 2.89 bits per heavy atom. The molecule has 0 fully saturated rings. The van der Waals surface area contributed by atoms with Crippen molar-refractivity contribution < 1.29 is 0 Å². The number of pyridine rings is 1. The van der Waals surface area contributed by atoms with Crippen LogP contribution < -0.4 is 5.32 Å². The third-order valence-electron chi connectivity index (χ3n) is 2.51. The summed E-state index contributed by atoms with van der Waals surface area (Å²) in [6.45, 7) is 2.98. The molecular weight excluding hydrogens is 308 g/mol. The zero-order chi connectivity index (χ0) is 13.0. The van der Waals surface area contributed by atoms with Gasteiger partial charge < -0.3 is 5.32 Å². The Bertz CT molecular complexity index is 543. The molecule has 94 valence electrons. The van der Waals surface area contributed by atoms with Gasteiger partial charge in [0.25, 0.3) is 0 Å². The van der Waals surface area contributed by atoms with Gasteiger partial charge in [-0.05, 0) is 53.7 Å². The van der Waals surface area contributed by atoms with Crippen LogP contribution in [0.15, 0.2) is 50.9 Å². The van der Waals surface area contributed by atoms with E-state index in [4.69, 9.17) is 0 Å². The molecule has 0 bridgehead atoms. The Morgan fingerprint density at radius 1 is 1.33 bits per heavy atom. The van der Waals surface area contributed by atoms with Gasteiger partial charge in [-0.3, -0.25) is 0 Å². The van der Waals surface area contributed by atoms with Crippen molar-refractivity contribution in [3.8, 4) is 0 Å². The van der Waals surface area contributed by atoms with Crippen molar-refractivity contribution in [1.82, 2.24) is 10.3 Å². The van der Waals surface area contributed by atoms with E-state index in [0.29, 0.717) is 0 Å². The number of nitrogens with zero attached hydrogens (tertiary/aromatic N) is 1. The van der Waals surface area contributed by atoms with Crippen LogP contribution in [0.2, 0.25) is 0 Å². The number of hydrogen-bond acceptors (Lipinski definition) is 3. The molecule has 0 saturated heterocycles. The van der Waals surface area contributed by atoms with Gasteiger partial charge in [0.2, 0.25) is 0 Å². The highest BCUT2D eigenvalue weighted by Crippen LogP contribution is 2.33. The second-order valence-corrected chi connectivity index (χ2v) is 5.92. The van der Waals surface area contributed by atoms with Crippen LogP contribution in [0, 0.1) is 6.92 Å². The summed E-state index contributed by atoms with van der Waals surface area (Å²) >= 11 is 5.22. The normalized spacial score (nSPS) is 10.6. The first-order valence-corrected chi connectivity index (χ1v) is 7.34. The van der Waals surface area contributed by atoms with Crippen LogP contribution in [-0.4, -0.2) is 12.0 Å². The van der Waals surface area contributed by atoms with Crippen molar-refractivity contribution in [2.24, 2.45) is 0 Å². The molecule has 0 atom stereocenters. The van der Waals surface area contributed by atoms with Gasteiger partial charge in [-0.1, -0.05) is 29.5 Å². The number of aryl methyl sites for hydroxylation is 1. The maximum absolute atomic E-state index is 4.39. The molecule has 2 rings (SSSR count). The third-order valence-corrected chi connectivity index (χ3v) is 4.55. The van der Waals surface area contributed by atoms with Crippen LogP contribution in [-0.2, 0) is 6.54 Å². The summed E-state index contributed by atoms with van der Waals surface area (Å²) in [4.78, 5) is 5.64. The van der Waals surface area contributed by atoms with E-state index in [2.05, 4.69) is 51.4 Å². The van der Waals surface area contributed by atoms with Crippen LogP contribution >= 0.6 is 27.7 Å². The molecule has 0 aliphatic heterocycles. The molecule has 1 aromatic heterocycles. The van der Waals surface area contributed by atoms with Gasteiger partial charge in [0.1, 0.15) is 5.03 Å². The highest BCUT2D eigenvalue weighted by molar-refractivity contribution is 9.10. The lowest BCUT2D eigenvalue weighted by Crippen LogP contribution is -2.06. The lowest BCUT2D eigenvalue weighted by atomic mass is 10.1. The molecule has 1 heterocycles. The lowest BCUT2D eigenvalue weighted by molar-refractivity contribution is 0.802. The predicted octanol–water partition coefficient (Wildman–Crippen LogP) is 4.02. The maximum Gasteiger partial charge on any atom is 0.115 e. The SMILES string of the molecule is CNCc1cc(C)ccc1Sc1ncccc1Br. The van der Waals surface area contributed by atoms with E-state index in [1.807, 2.05) is 25.4 Å². The largest absolute Gasteiger partial charge is 0.316 e. The minimum Gasteiger partial charge on any atom is -0.316 e. The second kappa shape index (κ2) is 6.36. The highest BCUT2D eigenvalue weighted by Gasteiger charge is 2.07. The van der Waals surface area contributed by atoms with Crippen molar-refractivity contribution in [3.63, 3.8) is 0 Å². The molecule has 0 unspecified atom stereocenters. The second-order valence-electron chi connectivity index (χ2n) is 4.03. The van der Waals surface area contributed by atoms with Gasteiger partial charge >= 0.3 is 0 Å². The van der Waals surface area contributed by atoms with E-state index in [9.17, 15) is 0 Å². The maximum atomic E-state index is 4.39. The number of hydrogen-bond donors (Lipinski definition) is 1. The molecule has 0 radical (unpaired) electrons. The van der Waals surface area contributed by atoms with E-state index in [1.54, 1.807) is 11.8 Å². The average molecular weight is 323 g/mol. The fraction of sp³-hybridized carbons (Fsp3) is 0.214. The van der Waals surface area contributed by atoms with Crippen molar-refractivity contribution >= 4 is 27.7 Å². The van der Waals surface area contributed by atoms with Crippen LogP contribution in [0.5, 0.6) is 0 Å². The smallest absolute Gasteiger partial charge is 0.115 e. The first kappa shape index (κ1) is 13.6. The molecule has 1 N–H and O–H groups in total. The molecule has 0 saturated carbocycles. The Balaban J connectivity index is 2.31. The summed E-state index contributed by atoms with van der Waals surface area (Å²) in [6, 6.07) is 10.5. The van der Waals surface area contributed by atoms with Crippen LogP contribution in [0.4, 0.5) is 0 Å². The Morgan fingerprint density at radius 2 is 2.17 bits per heavy atom. The molecule has 4 heteroatoms. The van der Waals surface area contributed by atoms with Gasteiger partial charge in [-0.2, -0.15) is 0 Å². The Labute approximate surface area is 120 Å². The van der Waals surface area contributed by atoms with E-state index in [1.165, 1.54) is 16.0 Å². The Kier molecular flexibility index (Phi) is 4.80. The standard InChI is InChI=1S/C14H15BrN2S/c1-10-5-6-13(11(8-10)9-16-2)18-14-12(15)4-3-7-17-14/h3-8,16H,9H2,1-2H3. The van der Waals surface area contributed by atoms with Crippen LogP contribution in [0.1, 0.15) is 11.1 Å². The number of nitrogens with one attached hydrogen (secondary N) is 1. The number of rotatable bonds is 4. The first-order chi connectivity index (χ1) is 8.70. The monoisotopic (exact) mass is 322 g/mol. The summed E-state index contributed by atoms with van der Waals surface area (Å²) in [7, 11) is 1.97. The molecule has 0 aliphatic rings. The van der Waals surface area contributed by atoms with E-state index in [0.717, 1.165) is 16.0 Å². The molecule has 1 aromatic carbocycles. The van der Waals surface area contributed by atoms with Crippen LogP contribution in [0.3, 0.4) is 0 Å². The molecule has 18 heavy (non-hydrogen) atoms.